The minimum Gasteiger partial charge on any atom is -0.357 e. The van der Waals surface area contributed by atoms with Gasteiger partial charge >= 0.3 is 0 Å². The summed E-state index contributed by atoms with van der Waals surface area (Å²) in [4.78, 5) is 38.6. The monoisotopic (exact) mass is 467 g/mol. The van der Waals surface area contributed by atoms with Crippen molar-refractivity contribution >= 4 is 17.7 Å². The van der Waals surface area contributed by atoms with Gasteiger partial charge in [-0.15, -0.1) is 0 Å². The second-order valence-corrected chi connectivity index (χ2v) is 9.06. The van der Waals surface area contributed by atoms with E-state index in [0.717, 1.165) is 17.5 Å². The molecule has 0 heterocycles. The molecule has 0 aliphatic heterocycles. The Morgan fingerprint density at radius 2 is 1.41 bits per heavy atom. The van der Waals surface area contributed by atoms with Crippen LogP contribution in [0.15, 0.2) is 60.7 Å². The Labute approximate surface area is 202 Å². The van der Waals surface area contributed by atoms with Gasteiger partial charge in [-0.1, -0.05) is 74.5 Å². The van der Waals surface area contributed by atoms with Crippen molar-refractivity contribution in [1.29, 1.82) is 0 Å². The van der Waals surface area contributed by atoms with Crippen LogP contribution in [-0.4, -0.2) is 36.0 Å². The molecule has 0 aromatic heterocycles. The van der Waals surface area contributed by atoms with Gasteiger partial charge in [-0.2, -0.15) is 0 Å². The number of benzene rings is 2. The van der Waals surface area contributed by atoms with Crippen molar-refractivity contribution in [2.75, 3.05) is 7.05 Å². The molecule has 0 spiro atoms. The zero-order valence-electron chi connectivity index (χ0n) is 20.3. The summed E-state index contributed by atoms with van der Waals surface area (Å²) in [5.74, 6) is -2.47. The molecule has 2 rings (SSSR count). The van der Waals surface area contributed by atoms with E-state index in [0.29, 0.717) is 25.7 Å². The number of hydrogen-bond acceptors (Lipinski definition) is 4. The molecule has 0 bridgehead atoms. The largest absolute Gasteiger partial charge is 0.357 e. The van der Waals surface area contributed by atoms with Gasteiger partial charge in [0.05, 0.1) is 5.92 Å². The molecule has 2 aromatic rings. The Morgan fingerprint density at radius 1 is 0.824 bits per heavy atom. The second kappa shape index (κ2) is 14.2. The third-order valence-electron chi connectivity index (χ3n) is 5.98. The molecule has 7 nitrogen and oxygen atoms in total. The molecular weight excluding hydrogens is 430 g/mol. The maximum atomic E-state index is 13.4. The first-order valence-electron chi connectivity index (χ1n) is 11.9. The molecule has 184 valence electrons. The van der Waals surface area contributed by atoms with Crippen LogP contribution in [-0.2, 0) is 27.2 Å². The lowest BCUT2D eigenvalue weighted by molar-refractivity contribution is -0.142. The Hall–Kier alpha value is -3.19. The van der Waals surface area contributed by atoms with Crippen molar-refractivity contribution in [3.05, 3.63) is 71.8 Å². The minimum absolute atomic E-state index is 0.145. The van der Waals surface area contributed by atoms with Gasteiger partial charge in [-0.05, 0) is 42.7 Å². The third-order valence-corrected chi connectivity index (χ3v) is 5.98. The van der Waals surface area contributed by atoms with Crippen LogP contribution in [0.25, 0.3) is 0 Å². The number of hydroxylamine groups is 1. The first kappa shape index (κ1) is 27.1. The normalized spacial score (nSPS) is 13.6. The van der Waals surface area contributed by atoms with Gasteiger partial charge in [-0.25, -0.2) is 5.48 Å². The quantitative estimate of drug-likeness (QED) is 0.268. The van der Waals surface area contributed by atoms with Gasteiger partial charge in [0.1, 0.15) is 6.04 Å². The Kier molecular flexibility index (Phi) is 11.3. The number of nitrogens with one attached hydrogen (secondary N) is 3. The standard InChI is InChI=1S/C27H37N3O4/c1-19(2)17-23(22(26(32)30-34)16-10-15-20-11-6-4-7-12-20)25(31)29-24(27(33)28-3)18-21-13-8-5-9-14-21/h4-9,11-14,19,22-24,34H,10,15-18H2,1-3H3,(H,28,33)(H,29,31)(H,30,32)/t22-,23+,24-/m0/s1. The highest BCUT2D eigenvalue weighted by Gasteiger charge is 2.35. The highest BCUT2D eigenvalue weighted by atomic mass is 16.5. The van der Waals surface area contributed by atoms with Gasteiger partial charge in [0.2, 0.25) is 17.7 Å². The number of likely N-dealkylation sites (N-methyl/N-ethyl adjacent to an activating group) is 1. The summed E-state index contributed by atoms with van der Waals surface area (Å²) in [6, 6.07) is 18.6. The topological polar surface area (TPSA) is 108 Å². The first-order valence-corrected chi connectivity index (χ1v) is 11.9. The van der Waals surface area contributed by atoms with Crippen molar-refractivity contribution in [2.45, 2.75) is 52.0 Å². The molecule has 0 radical (unpaired) electrons. The number of aryl methyl sites for hydroxylation is 1. The lowest BCUT2D eigenvalue weighted by atomic mass is 9.80. The van der Waals surface area contributed by atoms with E-state index < -0.39 is 23.8 Å². The fraction of sp³-hybridized carbons (Fsp3) is 0.444. The fourth-order valence-electron chi connectivity index (χ4n) is 4.24. The second-order valence-electron chi connectivity index (χ2n) is 9.06. The molecule has 2 aromatic carbocycles. The van der Waals surface area contributed by atoms with E-state index in [9.17, 15) is 19.6 Å². The van der Waals surface area contributed by atoms with Crippen LogP contribution in [0.4, 0.5) is 0 Å². The molecule has 4 N–H and O–H groups in total. The maximum absolute atomic E-state index is 13.4. The number of carbonyl (C=O) groups excluding carboxylic acids is 3. The van der Waals surface area contributed by atoms with Crippen LogP contribution < -0.4 is 16.1 Å². The zero-order chi connectivity index (χ0) is 24.9. The Morgan fingerprint density at radius 3 is 1.94 bits per heavy atom. The summed E-state index contributed by atoms with van der Waals surface area (Å²) in [6.07, 6.45) is 2.69. The molecule has 3 atom stereocenters. The summed E-state index contributed by atoms with van der Waals surface area (Å²) in [6.45, 7) is 3.97. The van der Waals surface area contributed by atoms with E-state index in [4.69, 9.17) is 0 Å². The smallest absolute Gasteiger partial charge is 0.247 e. The summed E-state index contributed by atoms with van der Waals surface area (Å²) in [7, 11) is 1.53. The van der Waals surface area contributed by atoms with E-state index in [-0.39, 0.29) is 17.7 Å². The highest BCUT2D eigenvalue weighted by molar-refractivity contribution is 5.91. The van der Waals surface area contributed by atoms with Gasteiger partial charge in [-0.3, -0.25) is 19.6 Å². The minimum atomic E-state index is -0.767. The predicted octanol–water partition coefficient (Wildman–Crippen LogP) is 3.27. The molecule has 0 fully saturated rings. The molecular formula is C27H37N3O4. The lowest BCUT2D eigenvalue weighted by Gasteiger charge is -2.28. The van der Waals surface area contributed by atoms with Crippen LogP contribution in [0.2, 0.25) is 0 Å². The molecule has 0 saturated carbocycles. The van der Waals surface area contributed by atoms with Crippen molar-refractivity contribution in [1.82, 2.24) is 16.1 Å². The van der Waals surface area contributed by atoms with Crippen LogP contribution in [0, 0.1) is 17.8 Å². The molecule has 0 aliphatic carbocycles. The van der Waals surface area contributed by atoms with Crippen LogP contribution in [0.5, 0.6) is 0 Å². The predicted molar refractivity (Wildman–Crippen MR) is 132 cm³/mol. The maximum Gasteiger partial charge on any atom is 0.247 e. The summed E-state index contributed by atoms with van der Waals surface area (Å²) in [5, 5.41) is 14.9. The molecule has 3 amide bonds. The highest BCUT2D eigenvalue weighted by Crippen LogP contribution is 2.27. The molecule has 7 heteroatoms. The van der Waals surface area contributed by atoms with E-state index in [1.54, 1.807) is 5.48 Å². The molecule has 0 unspecified atom stereocenters. The average Bonchev–Trinajstić information content (AvgIpc) is 2.85. The van der Waals surface area contributed by atoms with Gasteiger partial charge in [0.25, 0.3) is 0 Å². The van der Waals surface area contributed by atoms with E-state index in [2.05, 4.69) is 10.6 Å². The van der Waals surface area contributed by atoms with Gasteiger partial charge < -0.3 is 10.6 Å². The molecule has 34 heavy (non-hydrogen) atoms. The molecule has 0 aliphatic rings. The number of rotatable bonds is 13. The van der Waals surface area contributed by atoms with Crippen LogP contribution in [0.3, 0.4) is 0 Å². The van der Waals surface area contributed by atoms with Crippen molar-refractivity contribution < 1.29 is 19.6 Å². The summed E-state index contributed by atoms with van der Waals surface area (Å²) in [5.41, 5.74) is 3.82. The SMILES string of the molecule is CNC(=O)[C@H](Cc1ccccc1)NC(=O)[C@H](CC(C)C)[C@H](CCCc1ccccc1)C(=O)NO. The van der Waals surface area contributed by atoms with Crippen LogP contribution >= 0.6 is 0 Å². The summed E-state index contributed by atoms with van der Waals surface area (Å²) >= 11 is 0. The fourth-order valence-corrected chi connectivity index (χ4v) is 4.24. The van der Waals surface area contributed by atoms with Crippen molar-refractivity contribution in [3.63, 3.8) is 0 Å². The third kappa shape index (κ3) is 8.63. The average molecular weight is 468 g/mol. The number of carbonyl (C=O) groups is 3. The van der Waals surface area contributed by atoms with Crippen molar-refractivity contribution in [2.24, 2.45) is 17.8 Å². The van der Waals surface area contributed by atoms with Gasteiger partial charge in [0.15, 0.2) is 0 Å². The lowest BCUT2D eigenvalue weighted by Crippen LogP contribution is -2.51. The van der Waals surface area contributed by atoms with Crippen molar-refractivity contribution in [3.8, 4) is 0 Å². The summed E-state index contributed by atoms with van der Waals surface area (Å²) < 4.78 is 0. The number of hydrogen-bond donors (Lipinski definition) is 4. The van der Waals surface area contributed by atoms with Gasteiger partial charge in [0, 0.05) is 19.4 Å². The Bertz CT molecular complexity index is 903. The number of amides is 3. The van der Waals surface area contributed by atoms with Crippen LogP contribution in [0.1, 0.15) is 44.2 Å². The Balaban J connectivity index is 2.19. The zero-order valence-corrected chi connectivity index (χ0v) is 20.3. The van der Waals surface area contributed by atoms with E-state index in [1.165, 1.54) is 7.05 Å². The molecule has 0 saturated heterocycles. The van der Waals surface area contributed by atoms with E-state index >= 15 is 0 Å². The van der Waals surface area contributed by atoms with E-state index in [1.807, 2.05) is 74.5 Å². The first-order chi connectivity index (χ1) is 16.3.